The normalized spacial score (nSPS) is 10.0. The van der Waals surface area contributed by atoms with Crippen LogP contribution in [-0.4, -0.2) is 11.5 Å². The Balaban J connectivity index is 2.38. The van der Waals surface area contributed by atoms with E-state index in [9.17, 15) is 0 Å². The average Bonchev–Trinajstić information content (AvgIpc) is 2.61. The van der Waals surface area contributed by atoms with Crippen molar-refractivity contribution in [2.24, 2.45) is 0 Å². The van der Waals surface area contributed by atoms with Crippen molar-refractivity contribution in [2.45, 2.75) is 33.2 Å². The summed E-state index contributed by atoms with van der Waals surface area (Å²) in [5.41, 5.74) is 0. The van der Waals surface area contributed by atoms with E-state index in [1.807, 2.05) is 13.1 Å². The Morgan fingerprint density at radius 3 is 2.93 bits per heavy atom. The first kappa shape index (κ1) is 11.2. The summed E-state index contributed by atoms with van der Waals surface area (Å²) in [4.78, 5) is 5.69. The quantitative estimate of drug-likeness (QED) is 0.607. The van der Waals surface area contributed by atoms with Crippen molar-refractivity contribution < 1.29 is 0 Å². The first-order valence-electron chi connectivity index (χ1n) is 4.79. The minimum atomic E-state index is 0.580. The van der Waals surface area contributed by atoms with E-state index in [0.29, 0.717) is 5.92 Å². The minimum Gasteiger partial charge on any atom is -0.300 e. The highest BCUT2D eigenvalue weighted by atomic mass is 32.1. The van der Waals surface area contributed by atoms with Crippen molar-refractivity contribution in [3.8, 4) is 11.8 Å². The second kappa shape index (κ2) is 5.79. The molecule has 0 spiro atoms. The lowest BCUT2D eigenvalue weighted by atomic mass is 10.2. The van der Waals surface area contributed by atoms with Crippen LogP contribution in [0.4, 0.5) is 0 Å². The van der Waals surface area contributed by atoms with Crippen LogP contribution in [0.3, 0.4) is 0 Å². The third kappa shape index (κ3) is 3.49. The maximum Gasteiger partial charge on any atom is 0.107 e. The Kier molecular flexibility index (Phi) is 4.64. The number of nitrogens with zero attached hydrogens (tertiary/aromatic N) is 1. The van der Waals surface area contributed by atoms with E-state index in [1.165, 1.54) is 4.88 Å². The van der Waals surface area contributed by atoms with Crippen molar-refractivity contribution in [2.75, 3.05) is 6.54 Å². The van der Waals surface area contributed by atoms with Gasteiger partial charge in [-0.1, -0.05) is 19.8 Å². The van der Waals surface area contributed by atoms with Crippen LogP contribution < -0.4 is 5.32 Å². The molecule has 1 heterocycles. The number of hydrogen-bond donors (Lipinski definition) is 1. The zero-order valence-electron chi connectivity index (χ0n) is 8.92. The summed E-state index contributed by atoms with van der Waals surface area (Å²) >= 11 is 1.78. The van der Waals surface area contributed by atoms with Crippen LogP contribution >= 0.6 is 11.3 Å². The van der Waals surface area contributed by atoms with Gasteiger partial charge in [-0.3, -0.25) is 5.32 Å². The van der Waals surface area contributed by atoms with Gasteiger partial charge in [0.25, 0.3) is 0 Å². The molecule has 2 nitrogen and oxygen atoms in total. The van der Waals surface area contributed by atoms with Gasteiger partial charge in [0, 0.05) is 17.6 Å². The van der Waals surface area contributed by atoms with Gasteiger partial charge in [-0.2, -0.15) is 0 Å². The minimum absolute atomic E-state index is 0.580. The summed E-state index contributed by atoms with van der Waals surface area (Å²) in [7, 11) is 0. The Morgan fingerprint density at radius 2 is 2.36 bits per heavy atom. The molecule has 14 heavy (non-hydrogen) atoms. The fourth-order valence-corrected chi connectivity index (χ4v) is 1.89. The summed E-state index contributed by atoms with van der Waals surface area (Å²) in [6.45, 7) is 7.79. The molecule has 0 aromatic carbocycles. The van der Waals surface area contributed by atoms with E-state index in [0.717, 1.165) is 18.1 Å². The lowest BCUT2D eigenvalue weighted by Gasteiger charge is -1.97. The van der Waals surface area contributed by atoms with E-state index in [4.69, 9.17) is 0 Å². The lowest BCUT2D eigenvalue weighted by molar-refractivity contribution is 0.764. The molecule has 1 N–H and O–H groups in total. The van der Waals surface area contributed by atoms with Crippen LogP contribution in [0.2, 0.25) is 0 Å². The predicted octanol–water partition coefficient (Wildman–Crippen LogP) is 2.38. The van der Waals surface area contributed by atoms with Gasteiger partial charge in [0.05, 0.1) is 6.54 Å². The standard InChI is InChI=1S/C11H16N2S/c1-4-5-6-12-8-11-13-7-10(14-11)9(2)3/h7,9,12H,6,8H2,1-3H3. The highest BCUT2D eigenvalue weighted by molar-refractivity contribution is 7.11. The Morgan fingerprint density at radius 1 is 1.57 bits per heavy atom. The average molecular weight is 208 g/mol. The molecule has 0 amide bonds. The molecule has 0 aliphatic rings. The second-order valence-electron chi connectivity index (χ2n) is 3.34. The molecule has 0 radical (unpaired) electrons. The van der Waals surface area contributed by atoms with Gasteiger partial charge in [-0.15, -0.1) is 17.3 Å². The lowest BCUT2D eigenvalue weighted by Crippen LogP contribution is -2.12. The molecule has 1 aromatic heterocycles. The van der Waals surface area contributed by atoms with E-state index in [1.54, 1.807) is 11.3 Å². The zero-order chi connectivity index (χ0) is 10.4. The van der Waals surface area contributed by atoms with E-state index in [-0.39, 0.29) is 0 Å². The van der Waals surface area contributed by atoms with Crippen LogP contribution in [0.25, 0.3) is 0 Å². The van der Waals surface area contributed by atoms with Gasteiger partial charge < -0.3 is 0 Å². The molecule has 0 bridgehead atoms. The van der Waals surface area contributed by atoms with Crippen LogP contribution in [0.5, 0.6) is 0 Å². The first-order valence-corrected chi connectivity index (χ1v) is 5.60. The van der Waals surface area contributed by atoms with Gasteiger partial charge in [-0.05, 0) is 12.8 Å². The number of rotatable bonds is 4. The summed E-state index contributed by atoms with van der Waals surface area (Å²) < 4.78 is 0. The molecule has 76 valence electrons. The maximum absolute atomic E-state index is 4.34. The number of thiazole rings is 1. The largest absolute Gasteiger partial charge is 0.300 e. The fourth-order valence-electron chi connectivity index (χ4n) is 0.993. The Bertz CT molecular complexity index is 331. The number of aromatic nitrogens is 1. The Labute approximate surface area is 89.8 Å². The SMILES string of the molecule is CC#CCNCc1ncc(C(C)C)s1. The van der Waals surface area contributed by atoms with E-state index >= 15 is 0 Å². The highest BCUT2D eigenvalue weighted by Gasteiger charge is 2.04. The van der Waals surface area contributed by atoms with E-state index < -0.39 is 0 Å². The maximum atomic E-state index is 4.34. The molecule has 0 atom stereocenters. The smallest absolute Gasteiger partial charge is 0.107 e. The van der Waals surface area contributed by atoms with Gasteiger partial charge >= 0.3 is 0 Å². The summed E-state index contributed by atoms with van der Waals surface area (Å²) in [5.74, 6) is 6.39. The third-order valence-electron chi connectivity index (χ3n) is 1.81. The van der Waals surface area contributed by atoms with Crippen LogP contribution in [-0.2, 0) is 6.54 Å². The van der Waals surface area contributed by atoms with Crippen LogP contribution in [0, 0.1) is 11.8 Å². The van der Waals surface area contributed by atoms with Crippen LogP contribution in [0.15, 0.2) is 6.20 Å². The summed E-state index contributed by atoms with van der Waals surface area (Å²) in [6.07, 6.45) is 1.97. The third-order valence-corrected chi connectivity index (χ3v) is 3.10. The number of hydrogen-bond acceptors (Lipinski definition) is 3. The second-order valence-corrected chi connectivity index (χ2v) is 4.49. The van der Waals surface area contributed by atoms with Gasteiger partial charge in [0.2, 0.25) is 0 Å². The van der Waals surface area contributed by atoms with Crippen molar-refractivity contribution >= 4 is 11.3 Å². The molecular formula is C11H16N2S. The van der Waals surface area contributed by atoms with Gasteiger partial charge in [0.1, 0.15) is 5.01 Å². The van der Waals surface area contributed by atoms with Crippen molar-refractivity contribution in [3.05, 3.63) is 16.1 Å². The predicted molar refractivity (Wildman–Crippen MR) is 61.4 cm³/mol. The molecule has 0 saturated carbocycles. The molecule has 0 fully saturated rings. The molecule has 0 aliphatic heterocycles. The number of nitrogens with one attached hydrogen (secondary N) is 1. The van der Waals surface area contributed by atoms with E-state index in [2.05, 4.69) is 36.0 Å². The van der Waals surface area contributed by atoms with Gasteiger partial charge in [0.15, 0.2) is 0 Å². The molecule has 0 saturated heterocycles. The van der Waals surface area contributed by atoms with Crippen LogP contribution in [0.1, 0.15) is 36.6 Å². The van der Waals surface area contributed by atoms with Crippen molar-refractivity contribution in [1.29, 1.82) is 0 Å². The molecule has 0 aliphatic carbocycles. The first-order chi connectivity index (χ1) is 6.74. The topological polar surface area (TPSA) is 24.9 Å². The van der Waals surface area contributed by atoms with Crippen molar-refractivity contribution in [3.63, 3.8) is 0 Å². The monoisotopic (exact) mass is 208 g/mol. The summed E-state index contributed by atoms with van der Waals surface area (Å²) in [5, 5.41) is 4.37. The Hall–Kier alpha value is -0.850. The summed E-state index contributed by atoms with van der Waals surface area (Å²) in [6, 6.07) is 0. The fraction of sp³-hybridized carbons (Fsp3) is 0.545. The molecule has 1 rings (SSSR count). The highest BCUT2D eigenvalue weighted by Crippen LogP contribution is 2.21. The molecular weight excluding hydrogens is 192 g/mol. The molecule has 0 unspecified atom stereocenters. The van der Waals surface area contributed by atoms with Crippen molar-refractivity contribution in [1.82, 2.24) is 10.3 Å². The van der Waals surface area contributed by atoms with Gasteiger partial charge in [-0.25, -0.2) is 4.98 Å². The molecule has 3 heteroatoms. The molecule has 1 aromatic rings. The zero-order valence-corrected chi connectivity index (χ0v) is 9.74.